The van der Waals surface area contributed by atoms with E-state index in [0.717, 1.165) is 0 Å². The predicted molar refractivity (Wildman–Crippen MR) is 37.1 cm³/mol. The first-order chi connectivity index (χ1) is 4.57. The van der Waals surface area contributed by atoms with Gasteiger partial charge in [-0.2, -0.15) is 0 Å². The van der Waals surface area contributed by atoms with Gasteiger partial charge in [-0.05, 0) is 11.1 Å². The first-order valence-corrected chi connectivity index (χ1v) is 2.96. The van der Waals surface area contributed by atoms with E-state index in [1.807, 2.05) is 0 Å². The van der Waals surface area contributed by atoms with Gasteiger partial charge in [-0.25, -0.2) is 4.79 Å². The number of rotatable bonds is 3. The van der Waals surface area contributed by atoms with Gasteiger partial charge in [-0.3, -0.25) is 0 Å². The molecular weight excluding hydrogens is 134 g/mol. The van der Waals surface area contributed by atoms with Gasteiger partial charge in [0.15, 0.2) is 6.17 Å². The summed E-state index contributed by atoms with van der Waals surface area (Å²) in [4.78, 5) is 20.1. The number of carbonyl (C=O) groups excluding carboxylic acids is 1. The molecule has 0 saturated heterocycles. The Morgan fingerprint density at radius 2 is 2.10 bits per heavy atom. The highest BCUT2D eigenvalue weighted by atomic mass is 16.3. The van der Waals surface area contributed by atoms with Crippen molar-refractivity contribution in [3.63, 3.8) is 0 Å². The number of nitroso groups, excluding NO2 is 1. The van der Waals surface area contributed by atoms with Crippen LogP contribution in [0.2, 0.25) is 0 Å². The molecular formula is C5H11N3O2. The maximum Gasteiger partial charge on any atom is 0.313 e. The minimum atomic E-state index is -0.724. The Morgan fingerprint density at radius 1 is 1.60 bits per heavy atom. The molecule has 0 saturated carbocycles. The fraction of sp³-hybridized carbons (Fsp3) is 0.800. The molecule has 5 nitrogen and oxygen atoms in total. The Kier molecular flexibility index (Phi) is 3.38. The molecule has 0 spiro atoms. The Labute approximate surface area is 58.9 Å². The number of nitrogens with one attached hydrogen (secondary N) is 1. The summed E-state index contributed by atoms with van der Waals surface area (Å²) in [7, 11) is 0. The van der Waals surface area contributed by atoms with Crippen LogP contribution in [0.5, 0.6) is 0 Å². The Morgan fingerprint density at radius 3 is 2.20 bits per heavy atom. The van der Waals surface area contributed by atoms with Gasteiger partial charge in [-0.15, -0.1) is 4.91 Å². The molecule has 0 aliphatic rings. The predicted octanol–water partition coefficient (Wildman–Crippen LogP) is 0.403. The molecule has 58 valence electrons. The summed E-state index contributed by atoms with van der Waals surface area (Å²) in [5.41, 5.74) is 4.76. The third kappa shape index (κ3) is 3.01. The number of primary amides is 1. The second kappa shape index (κ2) is 3.81. The fourth-order valence-corrected chi connectivity index (χ4v) is 0.460. The molecule has 5 heteroatoms. The van der Waals surface area contributed by atoms with Crippen molar-refractivity contribution in [1.29, 1.82) is 0 Å². The summed E-state index contributed by atoms with van der Waals surface area (Å²) < 4.78 is 0. The molecule has 0 aromatic carbocycles. The highest BCUT2D eigenvalue weighted by Gasteiger charge is 2.13. The Hall–Kier alpha value is -1.13. The number of amides is 2. The van der Waals surface area contributed by atoms with Crippen molar-refractivity contribution in [3.05, 3.63) is 4.91 Å². The smallest absolute Gasteiger partial charge is 0.313 e. The topological polar surface area (TPSA) is 84.6 Å². The first kappa shape index (κ1) is 8.87. The number of urea groups is 1. The van der Waals surface area contributed by atoms with E-state index in [1.54, 1.807) is 13.8 Å². The molecule has 1 atom stereocenters. The number of nitrogens with two attached hydrogens (primary N) is 1. The lowest BCUT2D eigenvalue weighted by atomic mass is 10.2. The van der Waals surface area contributed by atoms with E-state index >= 15 is 0 Å². The number of nitrogens with zero attached hydrogens (tertiary/aromatic N) is 1. The zero-order valence-electron chi connectivity index (χ0n) is 6.00. The monoisotopic (exact) mass is 145 g/mol. The number of carbonyl (C=O) groups is 1. The minimum absolute atomic E-state index is 0.0231. The van der Waals surface area contributed by atoms with E-state index < -0.39 is 12.2 Å². The van der Waals surface area contributed by atoms with Crippen LogP contribution in [0.3, 0.4) is 0 Å². The van der Waals surface area contributed by atoms with Crippen LogP contribution >= 0.6 is 0 Å². The zero-order valence-corrected chi connectivity index (χ0v) is 6.00. The third-order valence-electron chi connectivity index (χ3n) is 1.04. The molecule has 2 amide bonds. The van der Waals surface area contributed by atoms with Gasteiger partial charge >= 0.3 is 6.03 Å². The van der Waals surface area contributed by atoms with Crippen LogP contribution in [0.15, 0.2) is 5.18 Å². The van der Waals surface area contributed by atoms with Crippen molar-refractivity contribution >= 4 is 6.03 Å². The van der Waals surface area contributed by atoms with Crippen molar-refractivity contribution in [3.8, 4) is 0 Å². The quantitative estimate of drug-likeness (QED) is 0.563. The second-order valence-electron chi connectivity index (χ2n) is 2.30. The molecule has 0 radical (unpaired) electrons. The summed E-state index contributed by atoms with van der Waals surface area (Å²) in [5.74, 6) is -0.0231. The van der Waals surface area contributed by atoms with Crippen LogP contribution in [-0.4, -0.2) is 12.2 Å². The van der Waals surface area contributed by atoms with Crippen LogP contribution in [0.4, 0.5) is 4.79 Å². The van der Waals surface area contributed by atoms with Crippen LogP contribution in [0, 0.1) is 10.8 Å². The van der Waals surface area contributed by atoms with Crippen molar-refractivity contribution in [2.75, 3.05) is 0 Å². The van der Waals surface area contributed by atoms with E-state index in [9.17, 15) is 9.70 Å². The van der Waals surface area contributed by atoms with Gasteiger partial charge < -0.3 is 11.1 Å². The van der Waals surface area contributed by atoms with Gasteiger partial charge in [0.1, 0.15) is 0 Å². The molecule has 0 aliphatic heterocycles. The highest BCUT2D eigenvalue weighted by molar-refractivity contribution is 5.71. The van der Waals surface area contributed by atoms with Gasteiger partial charge in [0.2, 0.25) is 0 Å². The molecule has 0 aromatic heterocycles. The van der Waals surface area contributed by atoms with Crippen LogP contribution in [0.25, 0.3) is 0 Å². The number of hydrogen-bond donors (Lipinski definition) is 2. The van der Waals surface area contributed by atoms with E-state index in [2.05, 4.69) is 10.5 Å². The molecule has 10 heavy (non-hydrogen) atoms. The van der Waals surface area contributed by atoms with Crippen LogP contribution in [0.1, 0.15) is 13.8 Å². The Bertz CT molecular complexity index is 135. The van der Waals surface area contributed by atoms with Crippen molar-refractivity contribution < 1.29 is 4.79 Å². The van der Waals surface area contributed by atoms with E-state index in [1.165, 1.54) is 0 Å². The second-order valence-corrected chi connectivity index (χ2v) is 2.30. The third-order valence-corrected chi connectivity index (χ3v) is 1.04. The molecule has 3 N–H and O–H groups in total. The fourth-order valence-electron chi connectivity index (χ4n) is 0.460. The summed E-state index contributed by atoms with van der Waals surface area (Å²) in [6.45, 7) is 3.53. The maximum absolute atomic E-state index is 10.2. The molecule has 1 unspecified atom stereocenters. The SMILES string of the molecule is CC(C)C(N=O)NC(N)=O. The first-order valence-electron chi connectivity index (χ1n) is 2.96. The van der Waals surface area contributed by atoms with E-state index in [-0.39, 0.29) is 5.92 Å². The lowest BCUT2D eigenvalue weighted by Gasteiger charge is -2.11. The molecule has 0 rings (SSSR count). The molecule has 0 fully saturated rings. The largest absolute Gasteiger partial charge is 0.352 e. The average Bonchev–Trinajstić information content (AvgIpc) is 1.81. The van der Waals surface area contributed by atoms with Crippen molar-refractivity contribution in [2.45, 2.75) is 20.0 Å². The van der Waals surface area contributed by atoms with Gasteiger partial charge in [0.25, 0.3) is 0 Å². The van der Waals surface area contributed by atoms with Crippen molar-refractivity contribution in [1.82, 2.24) is 5.32 Å². The summed E-state index contributed by atoms with van der Waals surface area (Å²) >= 11 is 0. The van der Waals surface area contributed by atoms with Crippen LogP contribution in [-0.2, 0) is 0 Å². The van der Waals surface area contributed by atoms with Gasteiger partial charge in [0, 0.05) is 0 Å². The molecule has 0 heterocycles. The standard InChI is InChI=1S/C5H11N3O2/c1-3(2)4(8-10)7-5(6)9/h3-4H,1-2H3,(H3,6,7,9). The lowest BCUT2D eigenvalue weighted by molar-refractivity contribution is 0.241. The normalized spacial score (nSPS) is 12.7. The number of hydrogen-bond acceptors (Lipinski definition) is 3. The Balaban J connectivity index is 3.83. The van der Waals surface area contributed by atoms with Gasteiger partial charge in [-0.1, -0.05) is 13.8 Å². The average molecular weight is 145 g/mol. The molecule has 0 aliphatic carbocycles. The van der Waals surface area contributed by atoms with Gasteiger partial charge in [0.05, 0.1) is 0 Å². The van der Waals surface area contributed by atoms with E-state index in [4.69, 9.17) is 5.73 Å². The summed E-state index contributed by atoms with van der Waals surface area (Å²) in [5, 5.41) is 4.85. The summed E-state index contributed by atoms with van der Waals surface area (Å²) in [6, 6.07) is -0.724. The zero-order chi connectivity index (χ0) is 8.15. The summed E-state index contributed by atoms with van der Waals surface area (Å²) in [6.07, 6.45) is -0.711. The van der Waals surface area contributed by atoms with E-state index in [0.29, 0.717) is 0 Å². The molecule has 0 aromatic rings. The minimum Gasteiger partial charge on any atom is -0.352 e. The highest BCUT2D eigenvalue weighted by Crippen LogP contribution is 2.00. The maximum atomic E-state index is 10.2. The van der Waals surface area contributed by atoms with Crippen LogP contribution < -0.4 is 11.1 Å². The molecule has 0 bridgehead atoms. The lowest BCUT2D eigenvalue weighted by Crippen LogP contribution is -2.40. The van der Waals surface area contributed by atoms with Crippen molar-refractivity contribution in [2.24, 2.45) is 16.8 Å².